The van der Waals surface area contributed by atoms with Gasteiger partial charge in [-0.3, -0.25) is 14.6 Å². The highest BCUT2D eigenvalue weighted by molar-refractivity contribution is 7.71. The van der Waals surface area contributed by atoms with Crippen molar-refractivity contribution < 1.29 is 4.79 Å². The summed E-state index contributed by atoms with van der Waals surface area (Å²) in [5.74, 6) is 0.635. The van der Waals surface area contributed by atoms with Gasteiger partial charge < -0.3 is 15.2 Å². The van der Waals surface area contributed by atoms with Crippen LogP contribution in [0.15, 0.2) is 23.1 Å². The van der Waals surface area contributed by atoms with Crippen LogP contribution >= 0.6 is 12.2 Å². The highest BCUT2D eigenvalue weighted by Gasteiger charge is 2.09. The van der Waals surface area contributed by atoms with Crippen molar-refractivity contribution in [2.45, 2.75) is 19.8 Å². The first kappa shape index (κ1) is 16.9. The molecule has 0 saturated carbocycles. The largest absolute Gasteiger partial charge is 0.363 e. The molecule has 8 heteroatoms. The summed E-state index contributed by atoms with van der Waals surface area (Å²) >= 11 is 4.90. The van der Waals surface area contributed by atoms with E-state index in [1.807, 2.05) is 25.1 Å². The van der Waals surface area contributed by atoms with Gasteiger partial charge in [-0.1, -0.05) is 0 Å². The summed E-state index contributed by atoms with van der Waals surface area (Å²) in [7, 11) is 3.79. The molecular formula is C15H19N5O2S. The third-order valence-corrected chi connectivity index (χ3v) is 3.55. The van der Waals surface area contributed by atoms with E-state index in [1.165, 1.54) is 0 Å². The number of nitrogens with zero attached hydrogens (tertiary/aromatic N) is 2. The monoisotopic (exact) mass is 333 g/mol. The predicted molar refractivity (Wildman–Crippen MR) is 92.5 cm³/mol. The molecule has 2 heterocycles. The predicted octanol–water partition coefficient (Wildman–Crippen LogP) is 1.77. The van der Waals surface area contributed by atoms with Crippen LogP contribution in [0.25, 0.3) is 0 Å². The van der Waals surface area contributed by atoms with Gasteiger partial charge in [0.05, 0.1) is 11.9 Å². The minimum Gasteiger partial charge on any atom is -0.363 e. The van der Waals surface area contributed by atoms with E-state index in [0.29, 0.717) is 23.4 Å². The summed E-state index contributed by atoms with van der Waals surface area (Å²) in [6, 6.07) is 3.61. The lowest BCUT2D eigenvalue weighted by molar-refractivity contribution is -0.116. The zero-order valence-corrected chi connectivity index (χ0v) is 14.1. The molecule has 0 unspecified atom stereocenters. The van der Waals surface area contributed by atoms with Gasteiger partial charge in [-0.2, -0.15) is 0 Å². The van der Waals surface area contributed by atoms with Gasteiger partial charge in [0.2, 0.25) is 5.91 Å². The quantitative estimate of drug-likeness (QED) is 0.725. The van der Waals surface area contributed by atoms with Crippen molar-refractivity contribution in [3.63, 3.8) is 0 Å². The van der Waals surface area contributed by atoms with E-state index in [1.54, 1.807) is 19.2 Å². The lowest BCUT2D eigenvalue weighted by Crippen LogP contribution is -2.19. The minimum atomic E-state index is -0.254. The molecule has 3 N–H and O–H groups in total. The number of aryl methyl sites for hydroxylation is 1. The Kier molecular flexibility index (Phi) is 5.28. The van der Waals surface area contributed by atoms with Gasteiger partial charge in [-0.05, 0) is 37.7 Å². The number of nitrogens with one attached hydrogen (secondary N) is 3. The summed E-state index contributed by atoms with van der Waals surface area (Å²) in [4.78, 5) is 35.4. The van der Waals surface area contributed by atoms with Gasteiger partial charge in [0, 0.05) is 31.8 Å². The van der Waals surface area contributed by atoms with E-state index in [-0.39, 0.29) is 22.7 Å². The number of carbonyl (C=O) groups excluding carboxylic acids is 1. The normalized spacial score (nSPS) is 10.4. The lowest BCUT2D eigenvalue weighted by atomic mass is 10.1. The molecule has 2 aromatic rings. The fourth-order valence-corrected chi connectivity index (χ4v) is 2.36. The standard InChI is InChI=1S/C15H19N5O2S/c1-9-11(14(22)19-15(23)17-9)5-7-13(21)18-10-4-6-12(16-8-10)20(2)3/h4,6,8H,5,7H2,1-3H3,(H,18,21)(H2,17,19,22,23). The number of rotatable bonds is 5. The SMILES string of the molecule is Cc1[nH]c(=S)[nH]c(=O)c1CCC(=O)Nc1ccc(N(C)C)nc1. The Bertz CT molecular complexity index is 808. The average Bonchev–Trinajstić information content (AvgIpc) is 2.46. The summed E-state index contributed by atoms with van der Waals surface area (Å²) < 4.78 is 0.285. The second kappa shape index (κ2) is 7.19. The van der Waals surface area contributed by atoms with Gasteiger partial charge in [-0.25, -0.2) is 4.98 Å². The molecule has 0 bridgehead atoms. The van der Waals surface area contributed by atoms with Crippen molar-refractivity contribution in [1.29, 1.82) is 0 Å². The lowest BCUT2D eigenvalue weighted by Gasteiger charge is -2.11. The van der Waals surface area contributed by atoms with E-state index >= 15 is 0 Å². The fraction of sp³-hybridized carbons (Fsp3) is 0.333. The van der Waals surface area contributed by atoms with Crippen molar-refractivity contribution in [3.05, 3.63) is 44.7 Å². The van der Waals surface area contributed by atoms with Gasteiger partial charge in [0.1, 0.15) is 5.82 Å². The van der Waals surface area contributed by atoms with E-state index in [2.05, 4.69) is 20.3 Å². The van der Waals surface area contributed by atoms with Crippen LogP contribution in [0.4, 0.5) is 11.5 Å². The average molecular weight is 333 g/mol. The summed E-state index contributed by atoms with van der Waals surface area (Å²) in [6.07, 6.45) is 2.14. The highest BCUT2D eigenvalue weighted by atomic mass is 32.1. The third kappa shape index (κ3) is 4.49. The van der Waals surface area contributed by atoms with Crippen molar-refractivity contribution >= 4 is 29.6 Å². The Balaban J connectivity index is 1.98. The molecule has 0 fully saturated rings. The molecule has 0 aliphatic carbocycles. The maximum atomic E-state index is 12.0. The maximum absolute atomic E-state index is 12.0. The molecule has 1 amide bonds. The van der Waals surface area contributed by atoms with Crippen LogP contribution in [0.3, 0.4) is 0 Å². The number of aromatic amines is 2. The van der Waals surface area contributed by atoms with Crippen LogP contribution in [0, 0.1) is 11.7 Å². The molecule has 0 saturated heterocycles. The second-order valence-electron chi connectivity index (χ2n) is 5.36. The van der Waals surface area contributed by atoms with Crippen LogP contribution in [0.5, 0.6) is 0 Å². The zero-order valence-electron chi connectivity index (χ0n) is 13.3. The number of pyridine rings is 1. The topological polar surface area (TPSA) is 93.9 Å². The van der Waals surface area contributed by atoms with Crippen molar-refractivity contribution in [2.24, 2.45) is 0 Å². The first-order chi connectivity index (χ1) is 10.9. The van der Waals surface area contributed by atoms with E-state index in [4.69, 9.17) is 12.2 Å². The number of carbonyl (C=O) groups is 1. The smallest absolute Gasteiger partial charge is 0.255 e. The summed E-state index contributed by atoms with van der Waals surface area (Å²) in [6.45, 7) is 1.77. The molecule has 0 aliphatic rings. The Hall–Kier alpha value is -2.48. The van der Waals surface area contributed by atoms with Gasteiger partial charge >= 0.3 is 0 Å². The van der Waals surface area contributed by atoms with Gasteiger partial charge in [0.15, 0.2) is 4.77 Å². The number of H-pyrrole nitrogens is 2. The van der Waals surface area contributed by atoms with Gasteiger partial charge in [-0.15, -0.1) is 0 Å². The first-order valence-electron chi connectivity index (χ1n) is 7.12. The Morgan fingerprint density at radius 3 is 2.65 bits per heavy atom. The Labute approximate surface area is 138 Å². The van der Waals surface area contributed by atoms with Crippen LogP contribution in [-0.4, -0.2) is 35.0 Å². The molecule has 0 aliphatic heterocycles. The van der Waals surface area contributed by atoms with Crippen LogP contribution < -0.4 is 15.8 Å². The first-order valence-corrected chi connectivity index (χ1v) is 7.53. The number of anilines is 2. The molecule has 0 radical (unpaired) electrons. The van der Waals surface area contributed by atoms with Crippen molar-refractivity contribution in [2.75, 3.05) is 24.3 Å². The molecule has 122 valence electrons. The van der Waals surface area contributed by atoms with Crippen LogP contribution in [-0.2, 0) is 11.2 Å². The minimum absolute atomic E-state index is 0.175. The molecular weight excluding hydrogens is 314 g/mol. The van der Waals surface area contributed by atoms with Gasteiger partial charge in [0.25, 0.3) is 5.56 Å². The zero-order chi connectivity index (χ0) is 17.0. The molecule has 7 nitrogen and oxygen atoms in total. The van der Waals surface area contributed by atoms with Crippen LogP contribution in [0.1, 0.15) is 17.7 Å². The Morgan fingerprint density at radius 1 is 1.35 bits per heavy atom. The van der Waals surface area contributed by atoms with E-state index < -0.39 is 0 Å². The maximum Gasteiger partial charge on any atom is 0.255 e. The summed E-state index contributed by atoms with van der Waals surface area (Å²) in [5.41, 5.74) is 1.59. The molecule has 2 aromatic heterocycles. The van der Waals surface area contributed by atoms with Crippen molar-refractivity contribution in [3.8, 4) is 0 Å². The second-order valence-corrected chi connectivity index (χ2v) is 5.77. The fourth-order valence-electron chi connectivity index (χ4n) is 2.11. The summed E-state index contributed by atoms with van der Waals surface area (Å²) in [5, 5.41) is 2.77. The number of hydrogen-bond donors (Lipinski definition) is 3. The molecule has 23 heavy (non-hydrogen) atoms. The highest BCUT2D eigenvalue weighted by Crippen LogP contribution is 2.12. The molecule has 2 rings (SSSR count). The molecule has 0 atom stereocenters. The van der Waals surface area contributed by atoms with E-state index in [0.717, 1.165) is 5.82 Å². The Morgan fingerprint density at radius 2 is 2.09 bits per heavy atom. The molecule has 0 aromatic carbocycles. The van der Waals surface area contributed by atoms with Crippen LogP contribution in [0.2, 0.25) is 0 Å². The number of aromatic nitrogens is 3. The van der Waals surface area contributed by atoms with E-state index in [9.17, 15) is 9.59 Å². The number of amides is 1. The molecule has 0 spiro atoms. The van der Waals surface area contributed by atoms with Crippen molar-refractivity contribution in [1.82, 2.24) is 15.0 Å². The third-order valence-electron chi connectivity index (χ3n) is 3.35. The number of hydrogen-bond acceptors (Lipinski definition) is 5.